The molecule has 0 fully saturated rings. The smallest absolute Gasteiger partial charge is 0.142 e. The first-order valence-electron chi connectivity index (χ1n) is 5.69. The van der Waals surface area contributed by atoms with Crippen LogP contribution in [0.5, 0.6) is 5.75 Å². The Labute approximate surface area is 118 Å². The molecule has 0 aliphatic heterocycles. The number of nitrogens with zero attached hydrogens (tertiary/aromatic N) is 1. The number of aryl methyl sites for hydroxylation is 1. The molecule has 2 nitrogen and oxygen atoms in total. The van der Waals surface area contributed by atoms with Crippen LogP contribution in [0.25, 0.3) is 0 Å². The van der Waals surface area contributed by atoms with E-state index in [-0.39, 0.29) is 12.2 Å². The highest BCUT2D eigenvalue weighted by Gasteiger charge is 2.08. The molecule has 0 aliphatic rings. The summed E-state index contributed by atoms with van der Waals surface area (Å²) in [5.74, 6) is -0.407. The second-order valence-electron chi connectivity index (χ2n) is 4.06. The standard InChI is InChI=1S/C14H12BrF2NO/c1-9-2-5-14(13(7-15)18-9)19-8-10-6-11(16)3-4-12(10)17/h2-6H,7-8H2,1H3. The number of alkyl halides is 1. The fourth-order valence-corrected chi connectivity index (χ4v) is 2.04. The number of aromatic nitrogens is 1. The van der Waals surface area contributed by atoms with Crippen LogP contribution in [0.15, 0.2) is 30.3 Å². The van der Waals surface area contributed by atoms with Gasteiger partial charge in [-0.05, 0) is 37.3 Å². The van der Waals surface area contributed by atoms with E-state index in [1.54, 1.807) is 6.07 Å². The van der Waals surface area contributed by atoms with E-state index in [9.17, 15) is 8.78 Å². The van der Waals surface area contributed by atoms with E-state index < -0.39 is 11.6 Å². The Morgan fingerprint density at radius 3 is 2.74 bits per heavy atom. The molecule has 0 saturated heterocycles. The highest BCUT2D eigenvalue weighted by molar-refractivity contribution is 9.08. The van der Waals surface area contributed by atoms with Crippen LogP contribution < -0.4 is 4.74 Å². The molecule has 2 aromatic rings. The largest absolute Gasteiger partial charge is 0.487 e. The van der Waals surface area contributed by atoms with Crippen LogP contribution in [0.3, 0.4) is 0 Å². The van der Waals surface area contributed by atoms with E-state index in [0.717, 1.165) is 29.6 Å². The zero-order valence-electron chi connectivity index (χ0n) is 10.3. The van der Waals surface area contributed by atoms with E-state index in [1.807, 2.05) is 13.0 Å². The summed E-state index contributed by atoms with van der Waals surface area (Å²) in [6.45, 7) is 1.84. The zero-order valence-corrected chi connectivity index (χ0v) is 11.9. The molecule has 5 heteroatoms. The van der Waals surface area contributed by atoms with Crippen molar-refractivity contribution in [3.05, 3.63) is 58.9 Å². The van der Waals surface area contributed by atoms with Crippen molar-refractivity contribution in [1.82, 2.24) is 4.98 Å². The van der Waals surface area contributed by atoms with Gasteiger partial charge in [-0.15, -0.1) is 0 Å². The first-order valence-corrected chi connectivity index (χ1v) is 6.81. The second-order valence-corrected chi connectivity index (χ2v) is 4.62. The molecule has 0 saturated carbocycles. The molecule has 100 valence electrons. The molecule has 0 atom stereocenters. The lowest BCUT2D eigenvalue weighted by Gasteiger charge is -2.10. The van der Waals surface area contributed by atoms with Gasteiger partial charge in [0.2, 0.25) is 0 Å². The normalized spacial score (nSPS) is 10.5. The van der Waals surface area contributed by atoms with Gasteiger partial charge in [0.1, 0.15) is 24.0 Å². The summed E-state index contributed by atoms with van der Waals surface area (Å²) in [5.41, 5.74) is 1.79. The average Bonchev–Trinajstić information content (AvgIpc) is 2.40. The molecule has 1 heterocycles. The molecule has 19 heavy (non-hydrogen) atoms. The van der Waals surface area contributed by atoms with Crippen molar-refractivity contribution >= 4 is 15.9 Å². The lowest BCUT2D eigenvalue weighted by molar-refractivity contribution is 0.295. The molecule has 0 N–H and O–H groups in total. The minimum Gasteiger partial charge on any atom is -0.487 e. The third kappa shape index (κ3) is 3.50. The molecular weight excluding hydrogens is 316 g/mol. The lowest BCUT2D eigenvalue weighted by atomic mass is 10.2. The van der Waals surface area contributed by atoms with E-state index in [0.29, 0.717) is 11.1 Å². The summed E-state index contributed by atoms with van der Waals surface area (Å²) >= 11 is 3.32. The maximum atomic E-state index is 13.4. The van der Waals surface area contributed by atoms with Crippen LogP contribution in [-0.4, -0.2) is 4.98 Å². The Kier molecular flexibility index (Phi) is 4.47. The minimum absolute atomic E-state index is 0.0334. The van der Waals surface area contributed by atoms with E-state index in [1.165, 1.54) is 0 Å². The monoisotopic (exact) mass is 327 g/mol. The quantitative estimate of drug-likeness (QED) is 0.787. The maximum Gasteiger partial charge on any atom is 0.142 e. The van der Waals surface area contributed by atoms with E-state index in [4.69, 9.17) is 4.74 Å². The number of ether oxygens (including phenoxy) is 1. The summed E-state index contributed by atoms with van der Waals surface area (Å²) in [6.07, 6.45) is 0. The third-order valence-electron chi connectivity index (χ3n) is 2.59. The second kappa shape index (κ2) is 6.10. The highest BCUT2D eigenvalue weighted by Crippen LogP contribution is 2.21. The zero-order chi connectivity index (χ0) is 13.8. The van der Waals surface area contributed by atoms with Crippen LogP contribution in [0.1, 0.15) is 17.0 Å². The van der Waals surface area contributed by atoms with Gasteiger partial charge in [0, 0.05) is 16.6 Å². The predicted molar refractivity (Wildman–Crippen MR) is 72.3 cm³/mol. The Hall–Kier alpha value is -1.49. The fourth-order valence-electron chi connectivity index (χ4n) is 1.63. The predicted octanol–water partition coefficient (Wildman–Crippen LogP) is 4.14. The lowest BCUT2D eigenvalue weighted by Crippen LogP contribution is -2.02. The average molecular weight is 328 g/mol. The Morgan fingerprint density at radius 1 is 1.21 bits per heavy atom. The molecule has 1 aromatic heterocycles. The summed E-state index contributed by atoms with van der Waals surface area (Å²) < 4.78 is 32.0. The van der Waals surface area contributed by atoms with Crippen molar-refractivity contribution in [3.8, 4) is 5.75 Å². The van der Waals surface area contributed by atoms with Crippen molar-refractivity contribution in [1.29, 1.82) is 0 Å². The molecule has 0 aliphatic carbocycles. The molecular formula is C14H12BrF2NO. The summed E-state index contributed by atoms with van der Waals surface area (Å²) in [4.78, 5) is 4.30. The Bertz CT molecular complexity index is 590. The Balaban J connectivity index is 2.16. The molecule has 0 radical (unpaired) electrons. The van der Waals surface area contributed by atoms with Crippen LogP contribution in [0, 0.1) is 18.6 Å². The van der Waals surface area contributed by atoms with Gasteiger partial charge in [0.15, 0.2) is 0 Å². The van der Waals surface area contributed by atoms with Gasteiger partial charge >= 0.3 is 0 Å². The van der Waals surface area contributed by atoms with Gasteiger partial charge in [0.05, 0.1) is 5.69 Å². The first-order chi connectivity index (χ1) is 9.10. The van der Waals surface area contributed by atoms with E-state index >= 15 is 0 Å². The maximum absolute atomic E-state index is 13.4. The van der Waals surface area contributed by atoms with Gasteiger partial charge in [-0.1, -0.05) is 15.9 Å². The molecule has 0 amide bonds. The topological polar surface area (TPSA) is 22.1 Å². The minimum atomic E-state index is -0.484. The van der Waals surface area contributed by atoms with Gasteiger partial charge in [0.25, 0.3) is 0 Å². The number of halogens is 3. The fraction of sp³-hybridized carbons (Fsp3) is 0.214. The van der Waals surface area contributed by atoms with Crippen LogP contribution in [0.4, 0.5) is 8.78 Å². The molecule has 1 aromatic carbocycles. The number of hydrogen-bond donors (Lipinski definition) is 0. The van der Waals surface area contributed by atoms with Gasteiger partial charge in [-0.3, -0.25) is 4.98 Å². The molecule has 0 spiro atoms. The van der Waals surface area contributed by atoms with Crippen molar-refractivity contribution in [2.45, 2.75) is 18.9 Å². The number of pyridine rings is 1. The molecule has 0 unspecified atom stereocenters. The van der Waals surface area contributed by atoms with Crippen molar-refractivity contribution < 1.29 is 13.5 Å². The number of rotatable bonds is 4. The Morgan fingerprint density at radius 2 is 2.00 bits per heavy atom. The van der Waals surface area contributed by atoms with Crippen LogP contribution in [0.2, 0.25) is 0 Å². The van der Waals surface area contributed by atoms with Crippen molar-refractivity contribution in [3.63, 3.8) is 0 Å². The molecule has 2 rings (SSSR count). The van der Waals surface area contributed by atoms with Gasteiger partial charge in [-0.25, -0.2) is 8.78 Å². The van der Waals surface area contributed by atoms with Gasteiger partial charge < -0.3 is 4.74 Å². The van der Waals surface area contributed by atoms with Crippen molar-refractivity contribution in [2.24, 2.45) is 0 Å². The van der Waals surface area contributed by atoms with E-state index in [2.05, 4.69) is 20.9 Å². The highest BCUT2D eigenvalue weighted by atomic mass is 79.9. The SMILES string of the molecule is Cc1ccc(OCc2cc(F)ccc2F)c(CBr)n1. The van der Waals surface area contributed by atoms with Gasteiger partial charge in [-0.2, -0.15) is 0 Å². The number of hydrogen-bond acceptors (Lipinski definition) is 2. The van der Waals surface area contributed by atoms with Crippen molar-refractivity contribution in [2.75, 3.05) is 0 Å². The first kappa shape index (κ1) is 13.9. The number of benzene rings is 1. The summed E-state index contributed by atoms with van der Waals surface area (Å²) in [5, 5.41) is 0.537. The molecule has 0 bridgehead atoms. The van der Waals surface area contributed by atoms with Crippen LogP contribution >= 0.6 is 15.9 Å². The summed E-state index contributed by atoms with van der Waals surface area (Å²) in [6, 6.07) is 6.88. The third-order valence-corrected chi connectivity index (χ3v) is 3.12. The summed E-state index contributed by atoms with van der Waals surface area (Å²) in [7, 11) is 0. The van der Waals surface area contributed by atoms with Crippen LogP contribution in [-0.2, 0) is 11.9 Å².